The molecule has 1 N–H and O–H groups in total. The van der Waals surface area contributed by atoms with Crippen molar-refractivity contribution in [2.24, 2.45) is 5.92 Å². The number of halogens is 1. The van der Waals surface area contributed by atoms with Gasteiger partial charge in [-0.15, -0.1) is 0 Å². The highest BCUT2D eigenvalue weighted by molar-refractivity contribution is 7.91. The van der Waals surface area contributed by atoms with E-state index in [1.54, 1.807) is 6.92 Å². The van der Waals surface area contributed by atoms with Crippen molar-refractivity contribution in [3.8, 4) is 0 Å². The Balaban J connectivity index is 2.78. The fourth-order valence-electron chi connectivity index (χ4n) is 1.39. The fraction of sp³-hybridized carbons (Fsp3) is 0.636. The lowest BCUT2D eigenvalue weighted by atomic mass is 10.2. The molecule has 1 amide bonds. The van der Waals surface area contributed by atoms with Crippen molar-refractivity contribution >= 4 is 38.9 Å². The zero-order valence-corrected chi connectivity index (χ0v) is 14.2. The van der Waals surface area contributed by atoms with Crippen LogP contribution in [0, 0.1) is 12.8 Å². The second kappa shape index (κ2) is 6.84. The van der Waals surface area contributed by atoms with Gasteiger partial charge >= 0.3 is 0 Å². The summed E-state index contributed by atoms with van der Waals surface area (Å²) in [6, 6.07) is 0. The Hall–Kier alpha value is -0.700. The quantitative estimate of drug-likeness (QED) is 0.851. The number of sulfonamides is 1. The van der Waals surface area contributed by atoms with Gasteiger partial charge in [-0.1, -0.05) is 36.8 Å². The normalized spacial score (nSPS) is 12.2. The number of nitrogens with zero attached hydrogens (tertiary/aromatic N) is 2. The highest BCUT2D eigenvalue weighted by Crippen LogP contribution is 2.28. The lowest BCUT2D eigenvalue weighted by molar-refractivity contribution is -0.121. The molecule has 0 aliphatic heterocycles. The number of aryl methyl sites for hydroxylation is 1. The fourth-order valence-corrected chi connectivity index (χ4v) is 4.45. The minimum Gasteiger partial charge on any atom is -0.355 e. The van der Waals surface area contributed by atoms with Crippen LogP contribution in [0.25, 0.3) is 0 Å². The van der Waals surface area contributed by atoms with Crippen LogP contribution in [0.15, 0.2) is 4.21 Å². The summed E-state index contributed by atoms with van der Waals surface area (Å²) in [4.78, 5) is 15.5. The number of aromatic nitrogens is 1. The maximum atomic E-state index is 12.3. The third kappa shape index (κ3) is 4.41. The Bertz CT molecular complexity index is 584. The first-order chi connectivity index (χ1) is 9.14. The van der Waals surface area contributed by atoms with Gasteiger partial charge in [-0.2, -0.15) is 4.31 Å². The topological polar surface area (TPSA) is 79.4 Å². The van der Waals surface area contributed by atoms with Crippen LogP contribution < -0.4 is 5.32 Å². The molecule has 1 rings (SSSR count). The summed E-state index contributed by atoms with van der Waals surface area (Å²) in [6.45, 7) is 5.77. The predicted octanol–water partition coefficient (Wildman–Crippen LogP) is 1.50. The largest absolute Gasteiger partial charge is 0.355 e. The van der Waals surface area contributed by atoms with E-state index in [1.807, 2.05) is 13.8 Å². The van der Waals surface area contributed by atoms with Crippen molar-refractivity contribution < 1.29 is 13.2 Å². The Morgan fingerprint density at radius 2 is 2.10 bits per heavy atom. The molecule has 6 nitrogen and oxygen atoms in total. The zero-order chi connectivity index (χ0) is 15.5. The number of amides is 1. The molecule has 0 spiro atoms. The maximum absolute atomic E-state index is 12.3. The van der Waals surface area contributed by atoms with Crippen LogP contribution in [0.4, 0.5) is 0 Å². The first kappa shape index (κ1) is 17.4. The van der Waals surface area contributed by atoms with E-state index in [0.29, 0.717) is 18.2 Å². The van der Waals surface area contributed by atoms with Gasteiger partial charge in [0.25, 0.3) is 10.0 Å². The van der Waals surface area contributed by atoms with Gasteiger partial charge in [-0.3, -0.25) is 4.79 Å². The van der Waals surface area contributed by atoms with E-state index in [1.165, 1.54) is 7.05 Å². The third-order valence-corrected chi connectivity index (χ3v) is 6.10. The molecule has 0 bridgehead atoms. The Morgan fingerprint density at radius 3 is 2.55 bits per heavy atom. The number of thiazole rings is 1. The molecule has 0 atom stereocenters. The van der Waals surface area contributed by atoms with E-state index in [0.717, 1.165) is 15.6 Å². The summed E-state index contributed by atoms with van der Waals surface area (Å²) in [5.41, 5.74) is 0.342. The molecule has 1 aromatic rings. The van der Waals surface area contributed by atoms with E-state index >= 15 is 0 Å². The number of carbonyl (C=O) groups is 1. The Kier molecular flexibility index (Phi) is 5.93. The average Bonchev–Trinajstić information content (AvgIpc) is 2.66. The molecular formula is C11H18ClN3O3S2. The molecule has 0 saturated heterocycles. The van der Waals surface area contributed by atoms with Crippen LogP contribution in [0.1, 0.15) is 19.5 Å². The minimum atomic E-state index is -3.74. The van der Waals surface area contributed by atoms with Crippen LogP contribution >= 0.6 is 22.9 Å². The van der Waals surface area contributed by atoms with E-state index in [9.17, 15) is 13.2 Å². The van der Waals surface area contributed by atoms with Crippen molar-refractivity contribution in [1.29, 1.82) is 0 Å². The number of rotatable bonds is 6. The van der Waals surface area contributed by atoms with Gasteiger partial charge < -0.3 is 5.32 Å². The lowest BCUT2D eigenvalue weighted by Gasteiger charge is -2.16. The molecule has 0 aliphatic rings. The van der Waals surface area contributed by atoms with Crippen LogP contribution in [-0.4, -0.2) is 43.8 Å². The van der Waals surface area contributed by atoms with Gasteiger partial charge in [0, 0.05) is 13.6 Å². The second-order valence-corrected chi connectivity index (χ2v) is 8.62. The van der Waals surface area contributed by atoms with E-state index < -0.39 is 10.0 Å². The van der Waals surface area contributed by atoms with Gasteiger partial charge in [-0.05, 0) is 12.8 Å². The maximum Gasteiger partial charge on any atom is 0.254 e. The molecule has 1 heterocycles. The SMILES string of the molecule is Cc1nc(Cl)sc1S(=O)(=O)N(C)CC(=O)NCC(C)C. The van der Waals surface area contributed by atoms with Gasteiger partial charge in [0.05, 0.1) is 12.2 Å². The smallest absolute Gasteiger partial charge is 0.254 e. The summed E-state index contributed by atoms with van der Waals surface area (Å²) in [5, 5.41) is 2.67. The number of likely N-dealkylation sites (N-methyl/N-ethyl adjacent to an activating group) is 1. The number of nitrogens with one attached hydrogen (secondary N) is 1. The first-order valence-electron chi connectivity index (χ1n) is 6.00. The van der Waals surface area contributed by atoms with Crippen molar-refractivity contribution in [3.63, 3.8) is 0 Å². The van der Waals surface area contributed by atoms with Crippen LogP contribution in [0.2, 0.25) is 4.47 Å². The summed E-state index contributed by atoms with van der Waals surface area (Å²) < 4.78 is 25.8. The molecule has 0 unspecified atom stereocenters. The van der Waals surface area contributed by atoms with E-state index in [2.05, 4.69) is 10.3 Å². The standard InChI is InChI=1S/C11H18ClN3O3S2/c1-7(2)5-13-9(16)6-15(4)20(17,18)10-8(3)14-11(12)19-10/h7H,5-6H2,1-4H3,(H,13,16). The van der Waals surface area contributed by atoms with Crippen molar-refractivity contribution in [3.05, 3.63) is 10.2 Å². The number of hydrogen-bond donors (Lipinski definition) is 1. The molecule has 9 heteroatoms. The highest BCUT2D eigenvalue weighted by Gasteiger charge is 2.27. The summed E-state index contributed by atoms with van der Waals surface area (Å²) in [7, 11) is -2.38. The highest BCUT2D eigenvalue weighted by atomic mass is 35.5. The molecule has 0 radical (unpaired) electrons. The monoisotopic (exact) mass is 339 g/mol. The van der Waals surface area contributed by atoms with Crippen LogP contribution in [0.5, 0.6) is 0 Å². The number of carbonyl (C=O) groups excluding carboxylic acids is 1. The Morgan fingerprint density at radius 1 is 1.50 bits per heavy atom. The molecule has 114 valence electrons. The molecule has 0 aliphatic carbocycles. The summed E-state index contributed by atoms with van der Waals surface area (Å²) in [6.07, 6.45) is 0. The summed E-state index contributed by atoms with van der Waals surface area (Å²) >= 11 is 6.60. The van der Waals surface area contributed by atoms with Gasteiger partial charge in [-0.25, -0.2) is 13.4 Å². The van der Waals surface area contributed by atoms with Gasteiger partial charge in [0.1, 0.15) is 0 Å². The molecule has 0 saturated carbocycles. The minimum absolute atomic E-state index is 0.0710. The van der Waals surface area contributed by atoms with Crippen LogP contribution in [0.3, 0.4) is 0 Å². The molecule has 1 aromatic heterocycles. The molecular weight excluding hydrogens is 322 g/mol. The second-order valence-electron chi connectivity index (χ2n) is 4.80. The van der Waals surface area contributed by atoms with E-state index in [-0.39, 0.29) is 21.1 Å². The average molecular weight is 340 g/mol. The summed E-state index contributed by atoms with van der Waals surface area (Å²) in [5.74, 6) is -0.0264. The third-order valence-electron chi connectivity index (χ3n) is 2.45. The van der Waals surface area contributed by atoms with Crippen molar-refractivity contribution in [2.45, 2.75) is 25.0 Å². The van der Waals surface area contributed by atoms with Crippen molar-refractivity contribution in [1.82, 2.24) is 14.6 Å². The zero-order valence-electron chi connectivity index (χ0n) is 11.8. The predicted molar refractivity (Wildman–Crippen MR) is 79.5 cm³/mol. The van der Waals surface area contributed by atoms with E-state index in [4.69, 9.17) is 11.6 Å². The first-order valence-corrected chi connectivity index (χ1v) is 8.64. The van der Waals surface area contributed by atoms with Crippen LogP contribution in [-0.2, 0) is 14.8 Å². The molecule has 20 heavy (non-hydrogen) atoms. The van der Waals surface area contributed by atoms with Gasteiger partial charge in [0.2, 0.25) is 5.91 Å². The van der Waals surface area contributed by atoms with Gasteiger partial charge in [0.15, 0.2) is 8.68 Å². The Labute approximate surface area is 128 Å². The molecule has 0 fully saturated rings. The molecule has 0 aromatic carbocycles. The lowest BCUT2D eigenvalue weighted by Crippen LogP contribution is -2.39. The number of hydrogen-bond acceptors (Lipinski definition) is 5. The van der Waals surface area contributed by atoms with Crippen molar-refractivity contribution in [2.75, 3.05) is 20.1 Å².